The van der Waals surface area contributed by atoms with Gasteiger partial charge < -0.3 is 20.7 Å². The van der Waals surface area contributed by atoms with Gasteiger partial charge in [0.25, 0.3) is 11.8 Å². The number of carbonyl (C=O) groups is 3. The molecule has 1 aliphatic rings. The Kier molecular flexibility index (Phi) is 7.43. The number of carbonyl (C=O) groups excluding carboxylic acids is 3. The van der Waals surface area contributed by atoms with Crippen LogP contribution in [-0.2, 0) is 25.3 Å². The summed E-state index contributed by atoms with van der Waals surface area (Å²) in [5.41, 5.74) is 3.68. The summed E-state index contributed by atoms with van der Waals surface area (Å²) in [6.45, 7) is 4.16. The molecule has 1 aliphatic heterocycles. The summed E-state index contributed by atoms with van der Waals surface area (Å²) < 4.78 is 45.9. The van der Waals surface area contributed by atoms with Crippen molar-refractivity contribution in [3.63, 3.8) is 0 Å². The highest BCUT2D eigenvalue weighted by molar-refractivity contribution is 6.10. The van der Waals surface area contributed by atoms with Crippen molar-refractivity contribution in [2.24, 2.45) is 11.7 Å². The molecule has 1 saturated heterocycles. The van der Waals surface area contributed by atoms with E-state index in [1.165, 1.54) is 22.9 Å². The van der Waals surface area contributed by atoms with Gasteiger partial charge in [0.05, 0.1) is 17.9 Å². The molecule has 0 unspecified atom stereocenters. The van der Waals surface area contributed by atoms with Crippen LogP contribution < -0.4 is 16.0 Å². The van der Waals surface area contributed by atoms with E-state index in [0.717, 1.165) is 12.1 Å². The van der Waals surface area contributed by atoms with E-state index >= 15 is 0 Å². The number of rotatable bonds is 7. The van der Waals surface area contributed by atoms with Crippen molar-refractivity contribution in [2.45, 2.75) is 26.1 Å². The molecule has 11 heteroatoms. The molecular formula is C19H25F3N4O4. The van der Waals surface area contributed by atoms with Gasteiger partial charge >= 0.3 is 6.18 Å². The van der Waals surface area contributed by atoms with Gasteiger partial charge in [0.2, 0.25) is 5.91 Å². The average molecular weight is 430 g/mol. The summed E-state index contributed by atoms with van der Waals surface area (Å²) in [7, 11) is 1.49. The molecular weight excluding hydrogens is 405 g/mol. The van der Waals surface area contributed by atoms with Gasteiger partial charge in [0.15, 0.2) is 6.04 Å². The fourth-order valence-electron chi connectivity index (χ4n) is 3.26. The van der Waals surface area contributed by atoms with E-state index in [9.17, 15) is 27.6 Å². The summed E-state index contributed by atoms with van der Waals surface area (Å²) >= 11 is 0. The highest BCUT2D eigenvalue weighted by atomic mass is 19.4. The van der Waals surface area contributed by atoms with Gasteiger partial charge in [-0.2, -0.15) is 13.2 Å². The lowest BCUT2D eigenvalue weighted by atomic mass is 10.1. The van der Waals surface area contributed by atoms with E-state index in [4.69, 9.17) is 10.5 Å². The molecule has 8 nitrogen and oxygen atoms in total. The lowest BCUT2D eigenvalue weighted by Crippen LogP contribution is -2.51. The van der Waals surface area contributed by atoms with Crippen molar-refractivity contribution in [3.05, 3.63) is 23.8 Å². The summed E-state index contributed by atoms with van der Waals surface area (Å²) in [5.74, 6) is -2.30. The maximum absolute atomic E-state index is 13.7. The third-order valence-corrected chi connectivity index (χ3v) is 4.48. The second-order valence-electron chi connectivity index (χ2n) is 7.45. The van der Waals surface area contributed by atoms with E-state index in [0.29, 0.717) is 6.54 Å². The van der Waals surface area contributed by atoms with Crippen molar-refractivity contribution in [2.75, 3.05) is 43.6 Å². The van der Waals surface area contributed by atoms with Gasteiger partial charge in [0, 0.05) is 18.8 Å². The molecule has 30 heavy (non-hydrogen) atoms. The molecule has 1 atom stereocenters. The second-order valence-corrected chi connectivity index (χ2v) is 7.45. The van der Waals surface area contributed by atoms with Crippen LogP contribution >= 0.6 is 0 Å². The first kappa shape index (κ1) is 23.6. The first-order chi connectivity index (χ1) is 13.9. The molecule has 0 bridgehead atoms. The van der Waals surface area contributed by atoms with Crippen molar-refractivity contribution in [3.8, 4) is 0 Å². The first-order valence-corrected chi connectivity index (χ1v) is 9.31. The minimum Gasteiger partial charge on any atom is -0.370 e. The van der Waals surface area contributed by atoms with Gasteiger partial charge in [-0.3, -0.25) is 19.3 Å². The molecule has 2 rings (SSSR count). The number of primary amides is 1. The Bertz CT molecular complexity index is 813. The number of hydrogen-bond acceptors (Lipinski definition) is 5. The molecule has 0 aromatic heterocycles. The standard InChI is InChI=1S/C19H25F3N4O4/c1-11(2)9-25(3)16(17(23)28)18(29)24-14-5-4-12(8-13(14)19(20,21)22)26-6-7-30-10-15(26)27/h4-5,8,11,16H,6-7,9-10H2,1-3H3,(H2,23,28)(H,24,29)/t16-/m1/s1. The monoisotopic (exact) mass is 430 g/mol. The summed E-state index contributed by atoms with van der Waals surface area (Å²) in [6, 6.07) is 1.70. The fraction of sp³-hybridized carbons (Fsp3) is 0.526. The second kappa shape index (κ2) is 9.43. The zero-order valence-corrected chi connectivity index (χ0v) is 17.0. The minimum absolute atomic E-state index is 0.0389. The van der Waals surface area contributed by atoms with E-state index in [2.05, 4.69) is 5.32 Å². The number of alkyl halides is 3. The SMILES string of the molecule is CC(C)CN(C)[C@H](C(N)=O)C(=O)Nc1ccc(N2CCOCC2=O)cc1C(F)(F)F. The number of nitrogens with one attached hydrogen (secondary N) is 1. The van der Waals surface area contributed by atoms with Crippen LogP contribution in [0.4, 0.5) is 24.5 Å². The highest BCUT2D eigenvalue weighted by Crippen LogP contribution is 2.37. The van der Waals surface area contributed by atoms with Crippen LogP contribution in [0.1, 0.15) is 19.4 Å². The zero-order chi connectivity index (χ0) is 22.6. The lowest BCUT2D eigenvalue weighted by molar-refractivity contribution is -0.137. The number of ether oxygens (including phenoxy) is 1. The summed E-state index contributed by atoms with van der Waals surface area (Å²) in [4.78, 5) is 38.9. The number of nitrogens with zero attached hydrogens (tertiary/aromatic N) is 2. The van der Waals surface area contributed by atoms with Crippen LogP contribution in [0.25, 0.3) is 0 Å². The van der Waals surface area contributed by atoms with Crippen molar-refractivity contribution in [1.82, 2.24) is 4.90 Å². The third-order valence-electron chi connectivity index (χ3n) is 4.48. The Balaban J connectivity index is 2.34. The smallest absolute Gasteiger partial charge is 0.370 e. The molecule has 1 heterocycles. The van der Waals surface area contributed by atoms with E-state index < -0.39 is 41.2 Å². The Labute approximate surface area is 172 Å². The first-order valence-electron chi connectivity index (χ1n) is 9.31. The fourth-order valence-corrected chi connectivity index (χ4v) is 3.26. The molecule has 1 aromatic carbocycles. The molecule has 0 spiro atoms. The van der Waals surface area contributed by atoms with E-state index in [-0.39, 0.29) is 31.4 Å². The minimum atomic E-state index is -4.81. The topological polar surface area (TPSA) is 105 Å². The normalized spacial score (nSPS) is 16.1. The summed E-state index contributed by atoms with van der Waals surface area (Å²) in [5, 5.41) is 2.16. The number of benzene rings is 1. The van der Waals surface area contributed by atoms with Crippen molar-refractivity contribution < 1.29 is 32.3 Å². The van der Waals surface area contributed by atoms with Gasteiger partial charge in [-0.1, -0.05) is 13.8 Å². The van der Waals surface area contributed by atoms with Crippen LogP contribution in [0, 0.1) is 5.92 Å². The maximum Gasteiger partial charge on any atom is 0.418 e. The maximum atomic E-state index is 13.7. The molecule has 166 valence electrons. The van der Waals surface area contributed by atoms with Crippen molar-refractivity contribution >= 4 is 29.1 Å². The third kappa shape index (κ3) is 5.70. The Hall–Kier alpha value is -2.66. The van der Waals surface area contributed by atoms with Gasteiger partial charge in [-0.05, 0) is 31.2 Å². The number of likely N-dealkylation sites (N-methyl/N-ethyl adjacent to an activating group) is 1. The molecule has 0 aliphatic carbocycles. The Morgan fingerprint density at radius 3 is 2.53 bits per heavy atom. The molecule has 1 aromatic rings. The summed E-state index contributed by atoms with van der Waals surface area (Å²) in [6.07, 6.45) is -4.81. The van der Waals surface area contributed by atoms with Crippen molar-refractivity contribution in [1.29, 1.82) is 0 Å². The number of nitrogens with two attached hydrogens (primary N) is 1. The van der Waals surface area contributed by atoms with Gasteiger partial charge in [-0.15, -0.1) is 0 Å². The van der Waals surface area contributed by atoms with Crippen LogP contribution in [0.3, 0.4) is 0 Å². The Morgan fingerprint density at radius 1 is 1.33 bits per heavy atom. The quantitative estimate of drug-likeness (QED) is 0.637. The predicted octanol–water partition coefficient (Wildman–Crippen LogP) is 1.45. The number of morpholine rings is 1. The molecule has 1 fully saturated rings. The Morgan fingerprint density at radius 2 is 2.00 bits per heavy atom. The number of anilines is 2. The van der Waals surface area contributed by atoms with Crippen LogP contribution in [0.2, 0.25) is 0 Å². The van der Waals surface area contributed by atoms with Crippen LogP contribution in [-0.4, -0.2) is 62.0 Å². The highest BCUT2D eigenvalue weighted by Gasteiger charge is 2.37. The predicted molar refractivity (Wildman–Crippen MR) is 104 cm³/mol. The molecule has 0 saturated carbocycles. The zero-order valence-electron chi connectivity index (χ0n) is 17.0. The lowest BCUT2D eigenvalue weighted by Gasteiger charge is -2.28. The molecule has 3 N–H and O–H groups in total. The van der Waals surface area contributed by atoms with Gasteiger partial charge in [-0.25, -0.2) is 0 Å². The number of amides is 3. The largest absolute Gasteiger partial charge is 0.418 e. The number of hydrogen-bond donors (Lipinski definition) is 2. The van der Waals surface area contributed by atoms with Crippen LogP contribution in [0.5, 0.6) is 0 Å². The average Bonchev–Trinajstić information content (AvgIpc) is 2.60. The number of halogens is 3. The molecule has 3 amide bonds. The van der Waals surface area contributed by atoms with E-state index in [1.807, 2.05) is 13.8 Å². The van der Waals surface area contributed by atoms with Gasteiger partial charge in [0.1, 0.15) is 6.61 Å². The van der Waals surface area contributed by atoms with Crippen LogP contribution in [0.15, 0.2) is 18.2 Å². The molecule has 0 radical (unpaired) electrons. The van der Waals surface area contributed by atoms with E-state index in [1.54, 1.807) is 0 Å².